The number of carbonyl (C=O) groups is 1. The lowest BCUT2D eigenvalue weighted by Crippen LogP contribution is -2.24. The molecule has 0 aromatic carbocycles. The molecule has 6 N–H and O–H groups in total. The van der Waals surface area contributed by atoms with E-state index in [1.807, 2.05) is 0 Å². The molecule has 2 rings (SSSR count). The van der Waals surface area contributed by atoms with Gasteiger partial charge in [0.05, 0.1) is 19.0 Å². The number of aliphatic hydroxyl groups excluding tert-OH is 2. The predicted molar refractivity (Wildman–Crippen MR) is 56.8 cm³/mol. The summed E-state index contributed by atoms with van der Waals surface area (Å²) in [5, 5.41) is 18.5. The summed E-state index contributed by atoms with van der Waals surface area (Å²) < 4.78 is 6.79. The molecule has 0 unspecified atom stereocenters. The van der Waals surface area contributed by atoms with Gasteiger partial charge in [-0.15, -0.1) is 0 Å². The van der Waals surface area contributed by atoms with E-state index >= 15 is 0 Å². The third-order valence-electron chi connectivity index (χ3n) is 2.76. The quantitative estimate of drug-likeness (QED) is 0.494. The molecule has 0 aliphatic carbocycles. The van der Waals surface area contributed by atoms with Gasteiger partial charge in [-0.2, -0.15) is 0 Å². The topological polar surface area (TPSA) is 137 Å². The van der Waals surface area contributed by atoms with E-state index < -0.39 is 24.3 Å². The fourth-order valence-electron chi connectivity index (χ4n) is 1.84. The fraction of sp³-hybridized carbons (Fsp3) is 0.556. The van der Waals surface area contributed by atoms with Gasteiger partial charge in [-0.1, -0.05) is 0 Å². The number of hydrogen-bond acceptors (Lipinski definition) is 6. The summed E-state index contributed by atoms with van der Waals surface area (Å²) >= 11 is 0. The molecular formula is C9H14N4O4. The first-order valence-electron chi connectivity index (χ1n) is 5.11. The van der Waals surface area contributed by atoms with Crippen LogP contribution in [0.1, 0.15) is 23.1 Å². The number of rotatable bonds is 3. The normalized spacial score (nSPS) is 28.5. The Kier molecular flexibility index (Phi) is 3.01. The van der Waals surface area contributed by atoms with Crippen LogP contribution in [0.25, 0.3) is 0 Å². The highest BCUT2D eigenvalue weighted by atomic mass is 16.5. The Balaban J connectivity index is 2.22. The van der Waals surface area contributed by atoms with E-state index in [0.717, 1.165) is 0 Å². The van der Waals surface area contributed by atoms with Gasteiger partial charge in [-0.3, -0.25) is 9.36 Å². The van der Waals surface area contributed by atoms with Crippen molar-refractivity contribution in [3.63, 3.8) is 0 Å². The number of hydrogen-bond donors (Lipinski definition) is 4. The third kappa shape index (κ3) is 1.97. The maximum Gasteiger partial charge on any atom is 0.271 e. The number of nitrogens with two attached hydrogens (primary N) is 2. The lowest BCUT2D eigenvalue weighted by atomic mass is 10.2. The number of carbonyl (C=O) groups excluding carboxylic acids is 1. The van der Waals surface area contributed by atoms with Crippen LogP contribution < -0.4 is 11.5 Å². The van der Waals surface area contributed by atoms with Crippen molar-refractivity contribution >= 4 is 11.7 Å². The number of anilines is 1. The SMILES string of the molecule is NC(=O)c1ncn([C@H]2C[C@H](O)[C@@H](CO)O2)c1N. The molecule has 17 heavy (non-hydrogen) atoms. The smallest absolute Gasteiger partial charge is 0.271 e. The van der Waals surface area contributed by atoms with Gasteiger partial charge in [0.15, 0.2) is 5.69 Å². The van der Waals surface area contributed by atoms with Crippen molar-refractivity contribution in [3.05, 3.63) is 12.0 Å². The molecule has 3 atom stereocenters. The van der Waals surface area contributed by atoms with Crippen LogP contribution in [0, 0.1) is 0 Å². The van der Waals surface area contributed by atoms with Gasteiger partial charge < -0.3 is 26.4 Å². The molecule has 1 aromatic heterocycles. The number of aliphatic hydroxyl groups is 2. The summed E-state index contributed by atoms with van der Waals surface area (Å²) in [5.41, 5.74) is 10.7. The Morgan fingerprint density at radius 2 is 2.41 bits per heavy atom. The Labute approximate surface area is 96.8 Å². The van der Waals surface area contributed by atoms with Crippen LogP contribution in [0.15, 0.2) is 6.33 Å². The zero-order valence-corrected chi connectivity index (χ0v) is 8.98. The monoisotopic (exact) mass is 242 g/mol. The van der Waals surface area contributed by atoms with E-state index in [9.17, 15) is 9.90 Å². The van der Waals surface area contributed by atoms with Crippen molar-refractivity contribution in [2.45, 2.75) is 24.9 Å². The number of primary amides is 1. The second kappa shape index (κ2) is 4.32. The van der Waals surface area contributed by atoms with E-state index in [1.165, 1.54) is 10.9 Å². The van der Waals surface area contributed by atoms with Gasteiger partial charge in [0.2, 0.25) is 0 Å². The van der Waals surface area contributed by atoms with Gasteiger partial charge in [0.1, 0.15) is 18.1 Å². The maximum atomic E-state index is 11.0. The number of nitrogen functional groups attached to an aromatic ring is 1. The van der Waals surface area contributed by atoms with Crippen molar-refractivity contribution in [1.29, 1.82) is 0 Å². The molecule has 8 nitrogen and oxygen atoms in total. The fourth-order valence-corrected chi connectivity index (χ4v) is 1.84. The number of ether oxygens (including phenoxy) is 1. The highest BCUT2D eigenvalue weighted by molar-refractivity contribution is 5.95. The number of imidazole rings is 1. The predicted octanol–water partition coefficient (Wildman–Crippen LogP) is -1.80. The first kappa shape index (κ1) is 11.8. The average molecular weight is 242 g/mol. The van der Waals surface area contributed by atoms with Crippen molar-refractivity contribution < 1.29 is 19.7 Å². The number of aromatic nitrogens is 2. The van der Waals surface area contributed by atoms with E-state index in [0.29, 0.717) is 0 Å². The molecule has 1 aliphatic rings. The molecule has 0 bridgehead atoms. The van der Waals surface area contributed by atoms with Gasteiger partial charge in [0.25, 0.3) is 5.91 Å². The molecule has 1 fully saturated rings. The van der Waals surface area contributed by atoms with Gasteiger partial charge in [-0.25, -0.2) is 4.98 Å². The zero-order chi connectivity index (χ0) is 12.6. The molecule has 0 saturated carbocycles. The molecule has 2 heterocycles. The highest BCUT2D eigenvalue weighted by Crippen LogP contribution is 2.30. The summed E-state index contributed by atoms with van der Waals surface area (Å²) in [6.07, 6.45) is -0.387. The van der Waals surface area contributed by atoms with E-state index in [-0.39, 0.29) is 24.5 Å². The second-order valence-corrected chi connectivity index (χ2v) is 3.86. The molecule has 1 aromatic rings. The minimum Gasteiger partial charge on any atom is -0.394 e. The Morgan fingerprint density at radius 1 is 1.71 bits per heavy atom. The van der Waals surface area contributed by atoms with Gasteiger partial charge in [0, 0.05) is 6.42 Å². The first-order valence-corrected chi connectivity index (χ1v) is 5.11. The minimum atomic E-state index is -0.774. The van der Waals surface area contributed by atoms with Crippen LogP contribution in [-0.4, -0.2) is 44.5 Å². The lowest BCUT2D eigenvalue weighted by Gasteiger charge is -2.14. The molecule has 1 aliphatic heterocycles. The van der Waals surface area contributed by atoms with Crippen LogP contribution in [0.4, 0.5) is 5.82 Å². The molecule has 8 heteroatoms. The van der Waals surface area contributed by atoms with Crippen LogP contribution in [-0.2, 0) is 4.74 Å². The molecule has 1 amide bonds. The molecular weight excluding hydrogens is 228 g/mol. The molecule has 94 valence electrons. The van der Waals surface area contributed by atoms with E-state index in [1.54, 1.807) is 0 Å². The van der Waals surface area contributed by atoms with Crippen LogP contribution >= 0.6 is 0 Å². The van der Waals surface area contributed by atoms with Gasteiger partial charge in [-0.05, 0) is 0 Å². The van der Waals surface area contributed by atoms with Crippen molar-refractivity contribution in [2.24, 2.45) is 5.73 Å². The van der Waals surface area contributed by atoms with Crippen LogP contribution in [0.5, 0.6) is 0 Å². The summed E-state index contributed by atoms with van der Waals surface area (Å²) in [6.45, 7) is -0.283. The maximum absolute atomic E-state index is 11.0. The van der Waals surface area contributed by atoms with Crippen molar-refractivity contribution in [1.82, 2.24) is 9.55 Å². The molecule has 0 radical (unpaired) electrons. The first-order chi connectivity index (χ1) is 8.04. The van der Waals surface area contributed by atoms with Crippen LogP contribution in [0.2, 0.25) is 0 Å². The van der Waals surface area contributed by atoms with Crippen LogP contribution in [0.3, 0.4) is 0 Å². The molecule has 0 spiro atoms. The second-order valence-electron chi connectivity index (χ2n) is 3.86. The van der Waals surface area contributed by atoms with E-state index in [2.05, 4.69) is 4.98 Å². The summed E-state index contributed by atoms with van der Waals surface area (Å²) in [7, 11) is 0. The Morgan fingerprint density at radius 3 is 2.88 bits per heavy atom. The highest BCUT2D eigenvalue weighted by Gasteiger charge is 2.35. The largest absolute Gasteiger partial charge is 0.394 e. The summed E-state index contributed by atoms with van der Waals surface area (Å²) in [4.78, 5) is 14.7. The minimum absolute atomic E-state index is 0.0319. The lowest BCUT2D eigenvalue weighted by molar-refractivity contribution is -0.0436. The summed E-state index contributed by atoms with van der Waals surface area (Å²) in [6, 6.07) is 0. The Hall–Kier alpha value is -1.64. The third-order valence-corrected chi connectivity index (χ3v) is 2.76. The summed E-state index contributed by atoms with van der Waals surface area (Å²) in [5.74, 6) is -0.633. The standard InChI is InChI=1S/C9H14N4O4/c10-8-7(9(11)16)12-3-13(8)6-1-4(15)5(2-14)17-6/h3-6,14-15H,1-2,10H2,(H2,11,16)/t4-,5+,6+/m0/s1. The average Bonchev–Trinajstić information content (AvgIpc) is 2.81. The zero-order valence-electron chi connectivity index (χ0n) is 8.98. The van der Waals surface area contributed by atoms with Crippen molar-refractivity contribution in [2.75, 3.05) is 12.3 Å². The number of nitrogens with zero attached hydrogens (tertiary/aromatic N) is 2. The van der Waals surface area contributed by atoms with Crippen molar-refractivity contribution in [3.8, 4) is 0 Å². The Bertz CT molecular complexity index is 433. The molecule has 1 saturated heterocycles. The number of amides is 1. The van der Waals surface area contributed by atoms with E-state index in [4.69, 9.17) is 21.3 Å². The van der Waals surface area contributed by atoms with Gasteiger partial charge >= 0.3 is 0 Å².